The number of ether oxygens (including phenoxy) is 1. The standard InChI is InChI=1S/C25H28FN7O/c1-4-6-20(33-11-9-32(5-2)10-12-33)23(28)24-18(14-27)25(30-15-29-24)34-21-8-7-19-17(22(21)26)13-16(3)31-19/h4,6-8,13,15,23,31H,1,5,9-12,28H2,2-3H3/b20-6+. The van der Waals surface area contributed by atoms with E-state index < -0.39 is 11.9 Å². The average Bonchev–Trinajstić information content (AvgIpc) is 3.25. The number of halogens is 1. The third-order valence-electron chi connectivity index (χ3n) is 6.08. The van der Waals surface area contributed by atoms with Gasteiger partial charge in [0, 0.05) is 48.5 Å². The SMILES string of the molecule is C=C/C=C(\C(N)c1ncnc(Oc2ccc3[nH]c(C)cc3c2F)c1C#N)N1CCN(CC)CC1. The average molecular weight is 462 g/mol. The molecule has 1 aliphatic heterocycles. The van der Waals surface area contributed by atoms with Crippen LogP contribution >= 0.6 is 0 Å². The normalized spacial score (nSPS) is 15.9. The molecular formula is C25H28FN7O. The van der Waals surface area contributed by atoms with E-state index in [-0.39, 0.29) is 17.2 Å². The molecule has 1 fully saturated rings. The van der Waals surface area contributed by atoms with Gasteiger partial charge in [-0.1, -0.05) is 19.6 Å². The van der Waals surface area contributed by atoms with Crippen molar-refractivity contribution in [2.24, 2.45) is 5.73 Å². The lowest BCUT2D eigenvalue weighted by molar-refractivity contribution is 0.159. The molecule has 0 bridgehead atoms. The third-order valence-corrected chi connectivity index (χ3v) is 6.08. The first-order valence-corrected chi connectivity index (χ1v) is 11.2. The first-order valence-electron chi connectivity index (χ1n) is 11.2. The summed E-state index contributed by atoms with van der Waals surface area (Å²) in [6.45, 7) is 12.2. The van der Waals surface area contributed by atoms with Gasteiger partial charge in [0.1, 0.15) is 18.0 Å². The number of rotatable bonds is 7. The van der Waals surface area contributed by atoms with Crippen LogP contribution in [0.15, 0.2) is 49.0 Å². The van der Waals surface area contributed by atoms with Gasteiger partial charge in [-0.15, -0.1) is 0 Å². The maximum absolute atomic E-state index is 15.1. The second-order valence-corrected chi connectivity index (χ2v) is 8.17. The Hall–Kier alpha value is -3.74. The summed E-state index contributed by atoms with van der Waals surface area (Å²) in [4.78, 5) is 16.0. The number of likely N-dealkylation sites (N-methyl/N-ethyl adjacent to an activating group) is 1. The lowest BCUT2D eigenvalue weighted by Crippen LogP contribution is -2.47. The molecule has 0 radical (unpaired) electrons. The molecule has 3 heterocycles. The van der Waals surface area contributed by atoms with Crippen LogP contribution in [0.5, 0.6) is 11.6 Å². The topological polar surface area (TPSA) is 107 Å². The van der Waals surface area contributed by atoms with E-state index in [1.54, 1.807) is 18.2 Å². The number of allylic oxidation sites excluding steroid dienone is 2. The van der Waals surface area contributed by atoms with E-state index in [1.165, 1.54) is 12.4 Å². The van der Waals surface area contributed by atoms with Crippen LogP contribution in [0, 0.1) is 24.1 Å². The summed E-state index contributed by atoms with van der Waals surface area (Å²) in [5, 5.41) is 10.3. The number of nitriles is 1. The van der Waals surface area contributed by atoms with Gasteiger partial charge in [0.05, 0.1) is 11.7 Å². The van der Waals surface area contributed by atoms with E-state index in [1.807, 2.05) is 13.0 Å². The maximum Gasteiger partial charge on any atom is 0.240 e. The Kier molecular flexibility index (Phi) is 6.91. The fraction of sp³-hybridized carbons (Fsp3) is 0.320. The molecule has 9 heteroatoms. The minimum absolute atomic E-state index is 0.0289. The van der Waals surface area contributed by atoms with Crippen LogP contribution in [0.25, 0.3) is 10.9 Å². The van der Waals surface area contributed by atoms with Crippen LogP contribution in [0.3, 0.4) is 0 Å². The molecule has 1 aromatic carbocycles. The molecule has 1 saturated heterocycles. The molecule has 1 atom stereocenters. The number of nitrogens with two attached hydrogens (primary N) is 1. The summed E-state index contributed by atoms with van der Waals surface area (Å²) in [6, 6.07) is 6.33. The van der Waals surface area contributed by atoms with Gasteiger partial charge < -0.3 is 25.3 Å². The van der Waals surface area contributed by atoms with Crippen molar-refractivity contribution in [2.75, 3.05) is 32.7 Å². The number of nitrogens with zero attached hydrogens (tertiary/aromatic N) is 5. The quantitative estimate of drug-likeness (QED) is 0.516. The van der Waals surface area contributed by atoms with E-state index in [4.69, 9.17) is 10.5 Å². The number of piperazine rings is 1. The lowest BCUT2D eigenvalue weighted by Gasteiger charge is -2.38. The molecule has 3 N–H and O–H groups in total. The van der Waals surface area contributed by atoms with E-state index >= 15 is 4.39 Å². The minimum atomic E-state index is -0.703. The summed E-state index contributed by atoms with van der Waals surface area (Å²) in [5.74, 6) is -0.600. The summed E-state index contributed by atoms with van der Waals surface area (Å²) in [5.41, 5.74) is 9.31. The van der Waals surface area contributed by atoms with E-state index in [0.717, 1.165) is 44.1 Å². The smallest absolute Gasteiger partial charge is 0.240 e. The first-order chi connectivity index (χ1) is 16.5. The zero-order valence-electron chi connectivity index (χ0n) is 19.4. The Balaban J connectivity index is 1.66. The second kappa shape index (κ2) is 10.0. The molecule has 0 saturated carbocycles. The van der Waals surface area contributed by atoms with Crippen molar-refractivity contribution in [1.82, 2.24) is 24.8 Å². The van der Waals surface area contributed by atoms with E-state index in [0.29, 0.717) is 16.6 Å². The van der Waals surface area contributed by atoms with Crippen LogP contribution in [-0.2, 0) is 0 Å². The van der Waals surface area contributed by atoms with E-state index in [9.17, 15) is 5.26 Å². The number of H-pyrrole nitrogens is 1. The van der Waals surface area contributed by atoms with E-state index in [2.05, 4.69) is 44.3 Å². The molecule has 176 valence electrons. The zero-order valence-corrected chi connectivity index (χ0v) is 19.4. The first kappa shape index (κ1) is 23.4. The van der Waals surface area contributed by atoms with Crippen molar-refractivity contribution in [1.29, 1.82) is 5.26 Å². The predicted molar refractivity (Wildman–Crippen MR) is 129 cm³/mol. The van der Waals surface area contributed by atoms with Crippen molar-refractivity contribution >= 4 is 10.9 Å². The van der Waals surface area contributed by atoms with Crippen molar-refractivity contribution < 1.29 is 9.13 Å². The Labute approximate surface area is 198 Å². The Morgan fingerprint density at radius 1 is 1.35 bits per heavy atom. The fourth-order valence-corrected chi connectivity index (χ4v) is 4.26. The van der Waals surface area contributed by atoms with Gasteiger partial charge in [-0.05, 0) is 37.7 Å². The number of hydrogen-bond donors (Lipinski definition) is 2. The van der Waals surface area contributed by atoms with Gasteiger partial charge in [0.25, 0.3) is 0 Å². The van der Waals surface area contributed by atoms with Gasteiger partial charge in [-0.2, -0.15) is 5.26 Å². The lowest BCUT2D eigenvalue weighted by atomic mass is 10.0. The second-order valence-electron chi connectivity index (χ2n) is 8.17. The monoisotopic (exact) mass is 461 g/mol. The fourth-order valence-electron chi connectivity index (χ4n) is 4.26. The number of aryl methyl sites for hydroxylation is 1. The third kappa shape index (κ3) is 4.51. The number of benzene rings is 1. The Morgan fingerprint density at radius 3 is 2.79 bits per heavy atom. The largest absolute Gasteiger partial charge is 0.434 e. The molecule has 1 aliphatic rings. The molecule has 2 aromatic heterocycles. The van der Waals surface area contributed by atoms with Crippen LogP contribution < -0.4 is 10.5 Å². The van der Waals surface area contributed by atoms with Gasteiger partial charge in [0.15, 0.2) is 11.6 Å². The Morgan fingerprint density at radius 2 is 2.12 bits per heavy atom. The number of hydrogen-bond acceptors (Lipinski definition) is 7. The predicted octanol–water partition coefficient (Wildman–Crippen LogP) is 3.78. The molecule has 34 heavy (non-hydrogen) atoms. The molecule has 0 aliphatic carbocycles. The highest BCUT2D eigenvalue weighted by Gasteiger charge is 2.27. The van der Waals surface area contributed by atoms with Crippen LogP contribution in [0.2, 0.25) is 0 Å². The molecular weight excluding hydrogens is 433 g/mol. The van der Waals surface area contributed by atoms with Gasteiger partial charge in [-0.25, -0.2) is 14.4 Å². The van der Waals surface area contributed by atoms with Gasteiger partial charge in [0.2, 0.25) is 5.88 Å². The van der Waals surface area contributed by atoms with Gasteiger partial charge >= 0.3 is 0 Å². The highest BCUT2D eigenvalue weighted by atomic mass is 19.1. The highest BCUT2D eigenvalue weighted by molar-refractivity contribution is 5.82. The molecule has 0 spiro atoms. The summed E-state index contributed by atoms with van der Waals surface area (Å²) in [7, 11) is 0. The summed E-state index contributed by atoms with van der Waals surface area (Å²) >= 11 is 0. The highest BCUT2D eigenvalue weighted by Crippen LogP contribution is 2.33. The molecule has 1 unspecified atom stereocenters. The van der Waals surface area contributed by atoms with Crippen LogP contribution in [0.4, 0.5) is 4.39 Å². The minimum Gasteiger partial charge on any atom is -0.434 e. The maximum atomic E-state index is 15.1. The van der Waals surface area contributed by atoms with Crippen molar-refractivity contribution in [3.05, 3.63) is 71.7 Å². The summed E-state index contributed by atoms with van der Waals surface area (Å²) in [6.07, 6.45) is 4.80. The molecule has 3 aromatic rings. The number of aromatic nitrogens is 3. The number of fused-ring (bicyclic) bond motifs is 1. The number of nitrogens with one attached hydrogen (secondary N) is 1. The number of aromatic amines is 1. The van der Waals surface area contributed by atoms with Crippen LogP contribution in [0.1, 0.15) is 29.9 Å². The van der Waals surface area contributed by atoms with Gasteiger partial charge in [-0.3, -0.25) is 0 Å². The van der Waals surface area contributed by atoms with Crippen molar-refractivity contribution in [3.8, 4) is 17.7 Å². The summed E-state index contributed by atoms with van der Waals surface area (Å²) < 4.78 is 20.8. The van der Waals surface area contributed by atoms with Crippen LogP contribution in [-0.4, -0.2) is 57.5 Å². The Bertz CT molecular complexity index is 1270. The van der Waals surface area contributed by atoms with Crippen molar-refractivity contribution in [3.63, 3.8) is 0 Å². The van der Waals surface area contributed by atoms with Crippen molar-refractivity contribution in [2.45, 2.75) is 19.9 Å². The molecule has 4 rings (SSSR count). The zero-order chi connectivity index (χ0) is 24.2. The molecule has 0 amide bonds. The molecule has 8 nitrogen and oxygen atoms in total.